The standard InChI is InChI=1S/C18H16/c1-2-4-14-18(16-11-7-8-12-16)17(13-3-1)15-9-5-6-10-15/h3-9,11,13-14,17-18H,1-2H2/b13-3-,14-4-/t17-,18+. The van der Waals surface area contributed by atoms with E-state index in [2.05, 4.69) is 60.1 Å². The van der Waals surface area contributed by atoms with Crippen molar-refractivity contribution in [2.45, 2.75) is 12.8 Å². The molecule has 0 radical (unpaired) electrons. The molecule has 3 aliphatic rings. The maximum atomic E-state index is 3.35. The predicted molar refractivity (Wildman–Crippen MR) is 76.0 cm³/mol. The van der Waals surface area contributed by atoms with Gasteiger partial charge in [-0.25, -0.2) is 0 Å². The first-order valence-electron chi connectivity index (χ1n) is 6.55. The monoisotopic (exact) mass is 232 g/mol. The van der Waals surface area contributed by atoms with E-state index in [1.165, 1.54) is 11.1 Å². The minimum atomic E-state index is 0.384. The van der Waals surface area contributed by atoms with Crippen LogP contribution < -0.4 is 0 Å². The Morgan fingerprint density at radius 1 is 0.778 bits per heavy atom. The van der Waals surface area contributed by atoms with E-state index in [1.807, 2.05) is 12.2 Å². The van der Waals surface area contributed by atoms with E-state index in [1.54, 1.807) is 0 Å². The summed E-state index contributed by atoms with van der Waals surface area (Å²) in [5.41, 5.74) is 9.25. The number of rotatable bonds is 2. The smallest absolute Gasteiger partial charge is 0.0201 e. The summed E-state index contributed by atoms with van der Waals surface area (Å²) in [5.74, 6) is 0.769. The number of hydrogen-bond donors (Lipinski definition) is 0. The van der Waals surface area contributed by atoms with E-state index in [-0.39, 0.29) is 0 Å². The Labute approximate surface area is 108 Å². The number of hydrogen-bond acceptors (Lipinski definition) is 0. The van der Waals surface area contributed by atoms with Crippen LogP contribution in [0.1, 0.15) is 12.8 Å². The zero-order valence-corrected chi connectivity index (χ0v) is 10.3. The minimum absolute atomic E-state index is 0.384. The van der Waals surface area contributed by atoms with Gasteiger partial charge in [-0.1, -0.05) is 48.6 Å². The van der Waals surface area contributed by atoms with Crippen LogP contribution in [-0.4, -0.2) is 0 Å². The second kappa shape index (κ2) is 5.10. The first-order chi connectivity index (χ1) is 8.95. The molecular formula is C18H16. The van der Waals surface area contributed by atoms with Gasteiger partial charge in [0.1, 0.15) is 0 Å². The van der Waals surface area contributed by atoms with Crippen LogP contribution in [0.3, 0.4) is 0 Å². The predicted octanol–water partition coefficient (Wildman–Crippen LogP) is 4.43. The molecule has 18 heavy (non-hydrogen) atoms. The van der Waals surface area contributed by atoms with Gasteiger partial charge in [0.05, 0.1) is 0 Å². The van der Waals surface area contributed by atoms with Crippen LogP contribution in [0.15, 0.2) is 83.4 Å². The van der Waals surface area contributed by atoms with Gasteiger partial charge in [-0.2, -0.15) is 0 Å². The van der Waals surface area contributed by atoms with Crippen LogP contribution in [0.2, 0.25) is 0 Å². The van der Waals surface area contributed by atoms with Gasteiger partial charge in [0.2, 0.25) is 0 Å². The van der Waals surface area contributed by atoms with Crippen LogP contribution in [0, 0.1) is 11.8 Å². The fraction of sp³-hybridized carbons (Fsp3) is 0.222. The Balaban J connectivity index is 1.99. The highest BCUT2D eigenvalue weighted by Crippen LogP contribution is 2.33. The summed E-state index contributed by atoms with van der Waals surface area (Å²) in [6, 6.07) is 0. The second-order valence-corrected chi connectivity index (χ2v) is 4.74. The van der Waals surface area contributed by atoms with Crippen LogP contribution in [0.4, 0.5) is 0 Å². The molecule has 0 bridgehead atoms. The largest absolute Gasteiger partial charge is 0.117 e. The van der Waals surface area contributed by atoms with Crippen LogP contribution in [0.5, 0.6) is 0 Å². The molecular weight excluding hydrogens is 216 g/mol. The lowest BCUT2D eigenvalue weighted by Gasteiger charge is -2.22. The molecule has 0 saturated carbocycles. The topological polar surface area (TPSA) is 0 Å². The molecule has 0 N–H and O–H groups in total. The molecule has 3 rings (SSSR count). The lowest BCUT2D eigenvalue weighted by molar-refractivity contribution is 0.624. The Bertz CT molecular complexity index is 524. The second-order valence-electron chi connectivity index (χ2n) is 4.74. The molecule has 2 atom stereocenters. The van der Waals surface area contributed by atoms with Gasteiger partial charge < -0.3 is 0 Å². The summed E-state index contributed by atoms with van der Waals surface area (Å²) in [6.07, 6.45) is 24.0. The van der Waals surface area contributed by atoms with Gasteiger partial charge in [-0.3, -0.25) is 0 Å². The van der Waals surface area contributed by atoms with E-state index in [0.29, 0.717) is 11.8 Å². The van der Waals surface area contributed by atoms with Crippen molar-refractivity contribution >= 4 is 0 Å². The summed E-state index contributed by atoms with van der Waals surface area (Å²) in [5, 5.41) is 0. The molecule has 0 aromatic heterocycles. The third kappa shape index (κ3) is 2.17. The van der Waals surface area contributed by atoms with E-state index >= 15 is 0 Å². The van der Waals surface area contributed by atoms with Gasteiger partial charge in [0.15, 0.2) is 0 Å². The van der Waals surface area contributed by atoms with Crippen molar-refractivity contribution in [1.29, 1.82) is 0 Å². The Hall–Kier alpha value is -2.00. The molecule has 0 amide bonds. The van der Waals surface area contributed by atoms with Gasteiger partial charge in [-0.15, -0.1) is 11.5 Å². The molecule has 0 heterocycles. The highest BCUT2D eigenvalue weighted by molar-refractivity contribution is 5.41. The van der Waals surface area contributed by atoms with E-state index in [9.17, 15) is 0 Å². The zero-order chi connectivity index (χ0) is 12.2. The summed E-state index contributed by atoms with van der Waals surface area (Å²) < 4.78 is 0. The Kier molecular flexibility index (Phi) is 3.15. The molecule has 88 valence electrons. The Morgan fingerprint density at radius 2 is 1.28 bits per heavy atom. The maximum absolute atomic E-state index is 3.35. The van der Waals surface area contributed by atoms with Crippen molar-refractivity contribution in [3.63, 3.8) is 0 Å². The van der Waals surface area contributed by atoms with Crippen LogP contribution in [-0.2, 0) is 0 Å². The molecule has 0 aromatic rings. The summed E-state index contributed by atoms with van der Waals surface area (Å²) >= 11 is 0. The molecule has 0 fully saturated rings. The minimum Gasteiger partial charge on any atom is -0.117 e. The lowest BCUT2D eigenvalue weighted by Crippen LogP contribution is -2.14. The van der Waals surface area contributed by atoms with Gasteiger partial charge in [0.25, 0.3) is 0 Å². The first-order valence-corrected chi connectivity index (χ1v) is 6.55. The molecule has 0 aliphatic heterocycles. The van der Waals surface area contributed by atoms with E-state index in [4.69, 9.17) is 0 Å². The first kappa shape index (κ1) is 11.1. The summed E-state index contributed by atoms with van der Waals surface area (Å²) in [7, 11) is 0. The fourth-order valence-corrected chi connectivity index (χ4v) is 2.61. The molecule has 3 aliphatic carbocycles. The summed E-state index contributed by atoms with van der Waals surface area (Å²) in [4.78, 5) is 0. The van der Waals surface area contributed by atoms with Crippen LogP contribution >= 0.6 is 0 Å². The molecule has 0 saturated heterocycles. The van der Waals surface area contributed by atoms with Gasteiger partial charge in [0, 0.05) is 23.0 Å². The fourth-order valence-electron chi connectivity index (χ4n) is 2.61. The van der Waals surface area contributed by atoms with Crippen molar-refractivity contribution in [2.75, 3.05) is 0 Å². The molecule has 0 heteroatoms. The SMILES string of the molecule is C1=CC=CC=1[C@H]1/C=C\CC/C=C\[C@H]1C1=C=CC=C1. The normalized spacial score (nSPS) is 32.0. The van der Waals surface area contributed by atoms with E-state index in [0.717, 1.165) is 12.8 Å². The Morgan fingerprint density at radius 3 is 1.67 bits per heavy atom. The molecule has 0 spiro atoms. The van der Waals surface area contributed by atoms with Crippen molar-refractivity contribution < 1.29 is 0 Å². The third-order valence-electron chi connectivity index (χ3n) is 3.54. The van der Waals surface area contributed by atoms with Crippen molar-refractivity contribution in [2.24, 2.45) is 11.8 Å². The molecule has 0 aromatic carbocycles. The molecule has 0 nitrogen and oxygen atoms in total. The van der Waals surface area contributed by atoms with Crippen molar-refractivity contribution in [3.05, 3.63) is 83.4 Å². The highest BCUT2D eigenvalue weighted by Gasteiger charge is 2.23. The quantitative estimate of drug-likeness (QED) is 0.488. The van der Waals surface area contributed by atoms with Crippen molar-refractivity contribution in [3.8, 4) is 0 Å². The summed E-state index contributed by atoms with van der Waals surface area (Å²) in [6.45, 7) is 0. The zero-order valence-electron chi connectivity index (χ0n) is 10.3. The van der Waals surface area contributed by atoms with Crippen molar-refractivity contribution in [1.82, 2.24) is 0 Å². The van der Waals surface area contributed by atoms with Gasteiger partial charge >= 0.3 is 0 Å². The average Bonchev–Trinajstić information content (AvgIpc) is 3.00. The maximum Gasteiger partial charge on any atom is 0.0201 e. The number of allylic oxidation sites excluding steroid dienone is 10. The average molecular weight is 232 g/mol. The van der Waals surface area contributed by atoms with Gasteiger partial charge in [-0.05, 0) is 25.0 Å². The lowest BCUT2D eigenvalue weighted by atomic mass is 9.80. The highest BCUT2D eigenvalue weighted by atomic mass is 14.3. The van der Waals surface area contributed by atoms with E-state index < -0.39 is 0 Å². The van der Waals surface area contributed by atoms with Crippen LogP contribution in [0.25, 0.3) is 0 Å². The molecule has 0 unspecified atom stereocenters. The third-order valence-corrected chi connectivity index (χ3v) is 3.54.